The van der Waals surface area contributed by atoms with Gasteiger partial charge in [-0.3, -0.25) is 4.79 Å². The molecule has 15 heavy (non-hydrogen) atoms. The van der Waals surface area contributed by atoms with E-state index in [-0.39, 0.29) is 0 Å². The highest BCUT2D eigenvalue weighted by atomic mass is 16.4. The van der Waals surface area contributed by atoms with E-state index in [0.29, 0.717) is 18.0 Å². The average molecular weight is 208 g/mol. The topological polar surface area (TPSA) is 46.3 Å². The van der Waals surface area contributed by atoms with Gasteiger partial charge in [0.05, 0.1) is 6.20 Å². The number of nitrogens with zero attached hydrogens (tertiary/aromatic N) is 2. The Balaban J connectivity index is 2.06. The van der Waals surface area contributed by atoms with Crippen LogP contribution in [0.25, 0.3) is 0 Å². The number of carbonyl (C=O) groups is 1. The number of aromatic nitrogens is 1. The van der Waals surface area contributed by atoms with E-state index in [1.165, 1.54) is 12.6 Å². The van der Waals surface area contributed by atoms with Crippen LogP contribution >= 0.6 is 0 Å². The van der Waals surface area contributed by atoms with Crippen molar-refractivity contribution in [2.45, 2.75) is 25.7 Å². The number of aldehydes is 1. The molecule has 1 aliphatic rings. The van der Waals surface area contributed by atoms with E-state index in [0.717, 1.165) is 31.9 Å². The molecule has 0 radical (unpaired) electrons. The molecule has 0 N–H and O–H groups in total. The Bertz CT molecular complexity index is 335. The van der Waals surface area contributed by atoms with Crippen LogP contribution in [-0.2, 0) is 0 Å². The highest BCUT2D eigenvalue weighted by molar-refractivity contribution is 5.69. The van der Waals surface area contributed by atoms with E-state index in [9.17, 15) is 4.79 Å². The molecule has 0 bridgehead atoms. The smallest absolute Gasteiger partial charge is 0.199 e. The summed E-state index contributed by atoms with van der Waals surface area (Å²) in [6, 6.07) is 0. The third-order valence-electron chi connectivity index (χ3n) is 2.96. The molecule has 2 rings (SSSR count). The zero-order chi connectivity index (χ0) is 10.7. The first-order valence-corrected chi connectivity index (χ1v) is 5.46. The Morgan fingerprint density at radius 2 is 2.60 bits per heavy atom. The van der Waals surface area contributed by atoms with Gasteiger partial charge in [-0.15, -0.1) is 0 Å². The van der Waals surface area contributed by atoms with Crippen LogP contribution in [0.3, 0.4) is 0 Å². The SMILES string of the molecule is CCN1CCCC(c2ncc(C=O)o2)C1. The lowest BCUT2D eigenvalue weighted by atomic mass is 9.98. The van der Waals surface area contributed by atoms with Gasteiger partial charge in [-0.1, -0.05) is 6.92 Å². The summed E-state index contributed by atoms with van der Waals surface area (Å²) in [6.45, 7) is 5.39. The van der Waals surface area contributed by atoms with Gasteiger partial charge in [-0.2, -0.15) is 0 Å². The van der Waals surface area contributed by atoms with E-state index in [2.05, 4.69) is 16.8 Å². The molecule has 2 heterocycles. The van der Waals surface area contributed by atoms with E-state index in [4.69, 9.17) is 4.42 Å². The second-order valence-electron chi connectivity index (χ2n) is 3.95. The average Bonchev–Trinajstić information content (AvgIpc) is 2.78. The number of carbonyl (C=O) groups excluding carboxylic acids is 1. The van der Waals surface area contributed by atoms with Crippen molar-refractivity contribution in [1.82, 2.24) is 9.88 Å². The fraction of sp³-hybridized carbons (Fsp3) is 0.636. The zero-order valence-corrected chi connectivity index (χ0v) is 8.98. The first-order valence-electron chi connectivity index (χ1n) is 5.46. The van der Waals surface area contributed by atoms with E-state index in [1.54, 1.807) is 0 Å². The van der Waals surface area contributed by atoms with Crippen molar-refractivity contribution in [2.24, 2.45) is 0 Å². The Labute approximate surface area is 89.3 Å². The second-order valence-corrected chi connectivity index (χ2v) is 3.95. The van der Waals surface area contributed by atoms with Gasteiger partial charge in [-0.25, -0.2) is 4.98 Å². The minimum Gasteiger partial charge on any atom is -0.438 e. The summed E-state index contributed by atoms with van der Waals surface area (Å²) >= 11 is 0. The molecule has 1 aromatic heterocycles. The largest absolute Gasteiger partial charge is 0.438 e. The molecule has 1 aliphatic heterocycles. The van der Waals surface area contributed by atoms with Crippen molar-refractivity contribution < 1.29 is 9.21 Å². The Morgan fingerprint density at radius 1 is 1.73 bits per heavy atom. The van der Waals surface area contributed by atoms with Gasteiger partial charge in [0, 0.05) is 12.5 Å². The summed E-state index contributed by atoms with van der Waals surface area (Å²) < 4.78 is 5.36. The third kappa shape index (κ3) is 2.26. The highest BCUT2D eigenvalue weighted by Gasteiger charge is 2.23. The number of hydrogen-bond acceptors (Lipinski definition) is 4. The molecular weight excluding hydrogens is 192 g/mol. The van der Waals surface area contributed by atoms with Crippen LogP contribution in [0.1, 0.15) is 42.1 Å². The van der Waals surface area contributed by atoms with Crippen molar-refractivity contribution in [2.75, 3.05) is 19.6 Å². The third-order valence-corrected chi connectivity index (χ3v) is 2.96. The maximum absolute atomic E-state index is 10.5. The Kier molecular flexibility index (Phi) is 3.16. The lowest BCUT2D eigenvalue weighted by molar-refractivity contribution is 0.109. The molecule has 1 fully saturated rings. The molecule has 1 saturated heterocycles. The van der Waals surface area contributed by atoms with Gasteiger partial charge in [0.15, 0.2) is 17.9 Å². The van der Waals surface area contributed by atoms with E-state index < -0.39 is 0 Å². The molecule has 1 unspecified atom stereocenters. The minimum absolute atomic E-state index is 0.332. The van der Waals surface area contributed by atoms with Crippen molar-refractivity contribution in [1.29, 1.82) is 0 Å². The van der Waals surface area contributed by atoms with Crippen molar-refractivity contribution in [3.05, 3.63) is 17.8 Å². The molecule has 0 aromatic carbocycles. The van der Waals surface area contributed by atoms with Gasteiger partial charge >= 0.3 is 0 Å². The van der Waals surface area contributed by atoms with Crippen molar-refractivity contribution >= 4 is 6.29 Å². The number of piperidine rings is 1. The number of rotatable bonds is 3. The van der Waals surface area contributed by atoms with Crippen molar-refractivity contribution in [3.63, 3.8) is 0 Å². The van der Waals surface area contributed by atoms with E-state index in [1.807, 2.05) is 0 Å². The van der Waals surface area contributed by atoms with Crippen LogP contribution < -0.4 is 0 Å². The summed E-state index contributed by atoms with van der Waals surface area (Å²) in [7, 11) is 0. The lowest BCUT2D eigenvalue weighted by Crippen LogP contribution is -2.34. The van der Waals surface area contributed by atoms with Crippen LogP contribution in [0.15, 0.2) is 10.6 Å². The lowest BCUT2D eigenvalue weighted by Gasteiger charge is -2.29. The minimum atomic E-state index is 0.332. The first kappa shape index (κ1) is 10.4. The molecular formula is C11H16N2O2. The summed E-state index contributed by atoms with van der Waals surface area (Å²) in [6.07, 6.45) is 4.50. The number of oxazole rings is 1. The second kappa shape index (κ2) is 4.57. The molecule has 4 heteroatoms. The molecule has 0 spiro atoms. The number of likely N-dealkylation sites (N-methyl/N-ethyl adjacent to an activating group) is 1. The summed E-state index contributed by atoms with van der Waals surface area (Å²) in [5, 5.41) is 0. The molecule has 1 aromatic rings. The normalized spacial score (nSPS) is 22.9. The Hall–Kier alpha value is -1.16. The van der Waals surface area contributed by atoms with Crippen LogP contribution in [0.2, 0.25) is 0 Å². The summed E-state index contributed by atoms with van der Waals surface area (Å²) in [4.78, 5) is 17.0. The zero-order valence-electron chi connectivity index (χ0n) is 8.98. The van der Waals surface area contributed by atoms with Gasteiger partial charge < -0.3 is 9.32 Å². The Morgan fingerprint density at radius 3 is 3.27 bits per heavy atom. The van der Waals surface area contributed by atoms with Crippen LogP contribution in [0.5, 0.6) is 0 Å². The molecule has 1 atom stereocenters. The van der Waals surface area contributed by atoms with Crippen LogP contribution in [-0.4, -0.2) is 35.8 Å². The van der Waals surface area contributed by atoms with Gasteiger partial charge in [0.25, 0.3) is 0 Å². The maximum atomic E-state index is 10.5. The predicted octanol–water partition coefficient (Wildman–Crippen LogP) is 1.69. The van der Waals surface area contributed by atoms with Gasteiger partial charge in [0.2, 0.25) is 0 Å². The monoisotopic (exact) mass is 208 g/mol. The highest BCUT2D eigenvalue weighted by Crippen LogP contribution is 2.25. The summed E-state index contributed by atoms with van der Waals surface area (Å²) in [5.41, 5.74) is 0. The van der Waals surface area contributed by atoms with Crippen molar-refractivity contribution in [3.8, 4) is 0 Å². The molecule has 0 saturated carbocycles. The first-order chi connectivity index (χ1) is 7.33. The fourth-order valence-corrected chi connectivity index (χ4v) is 2.09. The van der Waals surface area contributed by atoms with Gasteiger partial charge in [0.1, 0.15) is 0 Å². The van der Waals surface area contributed by atoms with Gasteiger partial charge in [-0.05, 0) is 25.9 Å². The molecule has 82 valence electrons. The standard InChI is InChI=1S/C11H16N2O2/c1-2-13-5-3-4-9(7-13)11-12-6-10(8-14)15-11/h6,8-9H,2-5,7H2,1H3. The van der Waals surface area contributed by atoms with Crippen LogP contribution in [0, 0.1) is 0 Å². The quantitative estimate of drug-likeness (QED) is 0.709. The maximum Gasteiger partial charge on any atom is 0.199 e. The molecule has 0 amide bonds. The molecule has 4 nitrogen and oxygen atoms in total. The van der Waals surface area contributed by atoms with Crippen LogP contribution in [0.4, 0.5) is 0 Å². The predicted molar refractivity (Wildman–Crippen MR) is 56.0 cm³/mol. The number of hydrogen-bond donors (Lipinski definition) is 0. The number of likely N-dealkylation sites (tertiary alicyclic amines) is 1. The van der Waals surface area contributed by atoms with E-state index >= 15 is 0 Å². The fourth-order valence-electron chi connectivity index (χ4n) is 2.09. The summed E-state index contributed by atoms with van der Waals surface area (Å²) in [5.74, 6) is 1.40. The molecule has 0 aliphatic carbocycles.